The summed E-state index contributed by atoms with van der Waals surface area (Å²) in [6, 6.07) is 15.0. The van der Waals surface area contributed by atoms with Gasteiger partial charge in [0, 0.05) is 57.3 Å². The standard InChI is InChI=1S/C32H27NO6/c1-17-11-19(33-30(38)16-32(3,4)25-15-26(36)18(2)12-27(25)37)5-8-22(17)31-23-9-6-20(34)13-28(23)39-29-14-21(35)7-10-24(29)31/h5-15,34H,16H2,1-4H3,(H,33,38). The molecule has 2 aromatic rings. The largest absolute Gasteiger partial charge is 0.508 e. The highest BCUT2D eigenvalue weighted by Crippen LogP contribution is 2.42. The van der Waals surface area contributed by atoms with E-state index in [0.29, 0.717) is 28.2 Å². The number of ketones is 2. The number of hydrogen-bond acceptors (Lipinski definition) is 6. The molecule has 39 heavy (non-hydrogen) atoms. The quantitative estimate of drug-likeness (QED) is 0.248. The maximum Gasteiger partial charge on any atom is 0.225 e. The number of aromatic hydroxyl groups is 1. The Labute approximate surface area is 224 Å². The minimum Gasteiger partial charge on any atom is -0.508 e. The van der Waals surface area contributed by atoms with Crippen molar-refractivity contribution in [2.75, 3.05) is 5.32 Å². The number of amides is 1. The van der Waals surface area contributed by atoms with E-state index < -0.39 is 5.41 Å². The number of allylic oxidation sites excluding steroid dienone is 4. The Balaban J connectivity index is 1.46. The number of fused-ring (bicyclic) bond motifs is 2. The summed E-state index contributed by atoms with van der Waals surface area (Å²) >= 11 is 0. The zero-order valence-corrected chi connectivity index (χ0v) is 22.0. The van der Waals surface area contributed by atoms with Crippen LogP contribution in [0.4, 0.5) is 5.69 Å². The van der Waals surface area contributed by atoms with Crippen molar-refractivity contribution in [2.45, 2.75) is 34.1 Å². The lowest BCUT2D eigenvalue weighted by Crippen LogP contribution is -2.29. The first-order valence-electron chi connectivity index (χ1n) is 12.5. The van der Waals surface area contributed by atoms with E-state index in [9.17, 15) is 24.3 Å². The third-order valence-electron chi connectivity index (χ3n) is 7.07. The SMILES string of the molecule is CC1=CC(=O)C(C(C)(C)CC(=O)Nc2ccc(-c3c4ccc(=O)cc-4oc4cc(O)ccc34)c(C)c2)=CC1=O. The van der Waals surface area contributed by atoms with Gasteiger partial charge in [0.2, 0.25) is 5.91 Å². The Bertz CT molecular complexity index is 1790. The second kappa shape index (κ2) is 9.51. The molecule has 0 saturated carbocycles. The summed E-state index contributed by atoms with van der Waals surface area (Å²) in [5.74, 6) is -0.304. The molecule has 0 radical (unpaired) electrons. The van der Waals surface area contributed by atoms with Gasteiger partial charge in [-0.1, -0.05) is 19.9 Å². The highest BCUT2D eigenvalue weighted by atomic mass is 16.3. The Hall–Kier alpha value is -4.78. The Kier molecular flexibility index (Phi) is 6.30. The van der Waals surface area contributed by atoms with Crippen molar-refractivity contribution >= 4 is 34.1 Å². The molecule has 7 nitrogen and oxygen atoms in total. The van der Waals surface area contributed by atoms with E-state index in [0.717, 1.165) is 27.6 Å². The predicted octanol–water partition coefficient (Wildman–Crippen LogP) is 5.96. The first-order chi connectivity index (χ1) is 18.4. The van der Waals surface area contributed by atoms with E-state index in [4.69, 9.17) is 4.42 Å². The van der Waals surface area contributed by atoms with Gasteiger partial charge in [-0.3, -0.25) is 19.2 Å². The minimum atomic E-state index is -0.833. The topological polar surface area (TPSA) is 114 Å². The third-order valence-corrected chi connectivity index (χ3v) is 7.07. The van der Waals surface area contributed by atoms with Gasteiger partial charge in [-0.05, 0) is 73.5 Å². The first kappa shape index (κ1) is 25.9. The fourth-order valence-electron chi connectivity index (χ4n) is 5.06. The van der Waals surface area contributed by atoms with Crippen LogP contribution in [0, 0.1) is 12.3 Å². The van der Waals surface area contributed by atoms with Crippen LogP contribution in [0.1, 0.15) is 32.8 Å². The van der Waals surface area contributed by atoms with E-state index in [1.807, 2.05) is 19.1 Å². The average Bonchev–Trinajstić information content (AvgIpc) is 2.84. The van der Waals surface area contributed by atoms with Crippen LogP contribution in [0.2, 0.25) is 0 Å². The smallest absolute Gasteiger partial charge is 0.225 e. The molecule has 2 aliphatic carbocycles. The first-order valence-corrected chi connectivity index (χ1v) is 12.5. The van der Waals surface area contributed by atoms with Gasteiger partial charge in [-0.25, -0.2) is 0 Å². The lowest BCUT2D eigenvalue weighted by atomic mass is 9.76. The highest BCUT2D eigenvalue weighted by Gasteiger charge is 2.33. The van der Waals surface area contributed by atoms with Gasteiger partial charge in [0.25, 0.3) is 0 Å². The maximum absolute atomic E-state index is 13.0. The van der Waals surface area contributed by atoms with Crippen LogP contribution in [-0.4, -0.2) is 22.6 Å². The molecule has 1 amide bonds. The van der Waals surface area contributed by atoms with Crippen LogP contribution >= 0.6 is 0 Å². The molecule has 0 bridgehead atoms. The van der Waals surface area contributed by atoms with Gasteiger partial charge >= 0.3 is 0 Å². The minimum absolute atomic E-state index is 0.0159. The summed E-state index contributed by atoms with van der Waals surface area (Å²) in [7, 11) is 0. The third kappa shape index (κ3) is 4.91. The zero-order chi connectivity index (χ0) is 28.1. The summed E-state index contributed by atoms with van der Waals surface area (Å²) < 4.78 is 5.93. The molecule has 1 heterocycles. The molecule has 2 aromatic carbocycles. The summed E-state index contributed by atoms with van der Waals surface area (Å²) in [6.45, 7) is 7.06. The van der Waals surface area contributed by atoms with Gasteiger partial charge in [-0.2, -0.15) is 0 Å². The van der Waals surface area contributed by atoms with E-state index in [1.165, 1.54) is 30.4 Å². The monoisotopic (exact) mass is 521 g/mol. The van der Waals surface area contributed by atoms with Gasteiger partial charge in [0.05, 0.1) is 0 Å². The number of phenolic OH excluding ortho intramolecular Hbond substituents is 1. The van der Waals surface area contributed by atoms with Crippen LogP contribution in [0.25, 0.3) is 33.4 Å². The lowest BCUT2D eigenvalue weighted by molar-refractivity contribution is -0.119. The number of hydrogen-bond donors (Lipinski definition) is 2. The molecule has 0 atom stereocenters. The molecule has 0 aromatic heterocycles. The Morgan fingerprint density at radius 3 is 2.38 bits per heavy atom. The van der Waals surface area contributed by atoms with Crippen molar-refractivity contribution in [3.63, 3.8) is 0 Å². The number of anilines is 1. The number of aryl methyl sites for hydroxylation is 1. The molecule has 3 aliphatic rings. The van der Waals surface area contributed by atoms with Crippen molar-refractivity contribution in [2.24, 2.45) is 5.41 Å². The summed E-state index contributed by atoms with van der Waals surface area (Å²) in [5.41, 5.74) is 4.06. The predicted molar refractivity (Wildman–Crippen MR) is 150 cm³/mol. The Morgan fingerprint density at radius 2 is 1.64 bits per heavy atom. The summed E-state index contributed by atoms with van der Waals surface area (Å²) in [6.07, 6.45) is 2.67. The molecule has 0 spiro atoms. The van der Waals surface area contributed by atoms with Gasteiger partial charge in [0.1, 0.15) is 17.1 Å². The van der Waals surface area contributed by atoms with Crippen molar-refractivity contribution in [3.8, 4) is 28.2 Å². The molecule has 7 heteroatoms. The number of carbonyl (C=O) groups excluding carboxylic acids is 3. The summed E-state index contributed by atoms with van der Waals surface area (Å²) in [5, 5.41) is 13.7. The van der Waals surface area contributed by atoms with Crippen molar-refractivity contribution in [3.05, 3.63) is 93.7 Å². The van der Waals surface area contributed by atoms with Crippen LogP contribution in [0.5, 0.6) is 5.75 Å². The van der Waals surface area contributed by atoms with Crippen LogP contribution in [0.15, 0.2) is 87.1 Å². The molecule has 1 aliphatic heterocycles. The number of phenols is 1. The highest BCUT2D eigenvalue weighted by molar-refractivity contribution is 6.20. The molecular formula is C32H27NO6. The number of rotatable bonds is 5. The lowest BCUT2D eigenvalue weighted by Gasteiger charge is -2.27. The normalized spacial score (nSPS) is 13.9. The summed E-state index contributed by atoms with van der Waals surface area (Å²) in [4.78, 5) is 49.6. The fourth-order valence-corrected chi connectivity index (χ4v) is 5.06. The number of nitrogens with one attached hydrogen (secondary N) is 1. The molecule has 0 fully saturated rings. The van der Waals surface area contributed by atoms with Crippen LogP contribution in [0.3, 0.4) is 0 Å². The van der Waals surface area contributed by atoms with E-state index >= 15 is 0 Å². The molecule has 2 N–H and O–H groups in total. The molecule has 5 rings (SSSR count). The number of carbonyl (C=O) groups is 3. The zero-order valence-electron chi connectivity index (χ0n) is 22.0. The van der Waals surface area contributed by atoms with Crippen LogP contribution < -0.4 is 10.7 Å². The van der Waals surface area contributed by atoms with E-state index in [-0.39, 0.29) is 35.1 Å². The van der Waals surface area contributed by atoms with Crippen molar-refractivity contribution in [1.82, 2.24) is 0 Å². The second-order valence-electron chi connectivity index (χ2n) is 10.6. The van der Waals surface area contributed by atoms with E-state index in [2.05, 4.69) is 5.32 Å². The fraction of sp³-hybridized carbons (Fsp3) is 0.188. The van der Waals surface area contributed by atoms with Crippen LogP contribution in [-0.2, 0) is 14.4 Å². The van der Waals surface area contributed by atoms with Crippen molar-refractivity contribution in [1.29, 1.82) is 0 Å². The van der Waals surface area contributed by atoms with Gasteiger partial charge in [-0.15, -0.1) is 0 Å². The average molecular weight is 522 g/mol. The van der Waals surface area contributed by atoms with E-state index in [1.54, 1.807) is 45.0 Å². The number of benzene rings is 3. The molecule has 0 saturated heterocycles. The molecule has 196 valence electrons. The van der Waals surface area contributed by atoms with Crippen molar-refractivity contribution < 1.29 is 23.9 Å². The molecular weight excluding hydrogens is 494 g/mol. The van der Waals surface area contributed by atoms with Gasteiger partial charge in [0.15, 0.2) is 17.0 Å². The second-order valence-corrected chi connectivity index (χ2v) is 10.6. The van der Waals surface area contributed by atoms with Gasteiger partial charge < -0.3 is 14.8 Å². The Morgan fingerprint density at radius 1 is 0.897 bits per heavy atom. The molecule has 0 unspecified atom stereocenters. The maximum atomic E-state index is 13.0.